The van der Waals surface area contributed by atoms with Gasteiger partial charge < -0.3 is 4.74 Å². The Balaban J connectivity index is 1.97. The summed E-state index contributed by atoms with van der Waals surface area (Å²) in [5.41, 5.74) is 0.593. The summed E-state index contributed by atoms with van der Waals surface area (Å²) in [5.74, 6) is 0.442. The minimum Gasteiger partial charge on any atom is -0.459 e. The Morgan fingerprint density at radius 3 is 2.94 bits per heavy atom. The third-order valence-electron chi connectivity index (χ3n) is 3.24. The van der Waals surface area contributed by atoms with E-state index >= 15 is 0 Å². The number of carbonyl (C=O) groups is 1. The summed E-state index contributed by atoms with van der Waals surface area (Å²) in [4.78, 5) is 12.7. The van der Waals surface area contributed by atoms with Crippen molar-refractivity contribution in [1.29, 1.82) is 0 Å². The van der Waals surface area contributed by atoms with Gasteiger partial charge in [-0.3, -0.25) is 0 Å². The van der Waals surface area contributed by atoms with Crippen molar-refractivity contribution in [2.75, 3.05) is 0 Å². The summed E-state index contributed by atoms with van der Waals surface area (Å²) in [7, 11) is 0. The zero-order valence-electron chi connectivity index (χ0n) is 10.1. The second kappa shape index (κ2) is 5.58. The van der Waals surface area contributed by atoms with Crippen LogP contribution in [-0.4, -0.2) is 12.1 Å². The van der Waals surface area contributed by atoms with E-state index in [9.17, 15) is 4.79 Å². The zero-order chi connectivity index (χ0) is 12.3. The fourth-order valence-electron chi connectivity index (χ4n) is 2.34. The van der Waals surface area contributed by atoms with Crippen LogP contribution < -0.4 is 0 Å². The molecule has 0 bridgehead atoms. The van der Waals surface area contributed by atoms with Crippen LogP contribution in [-0.2, 0) is 4.74 Å². The molecule has 0 amide bonds. The summed E-state index contributed by atoms with van der Waals surface area (Å²) < 4.78 is 5.53. The third-order valence-corrected chi connectivity index (χ3v) is 3.52. The second-order valence-electron chi connectivity index (χ2n) is 4.85. The molecule has 2 rings (SSSR count). The fraction of sp³-hybridized carbons (Fsp3) is 0.500. The Kier molecular flexibility index (Phi) is 4.11. The number of rotatable bonds is 2. The van der Waals surface area contributed by atoms with E-state index in [0.717, 1.165) is 24.2 Å². The van der Waals surface area contributed by atoms with Gasteiger partial charge in [-0.25, -0.2) is 4.79 Å². The molecule has 0 aliphatic heterocycles. The highest BCUT2D eigenvalue weighted by atomic mass is 32.1. The van der Waals surface area contributed by atoms with Crippen LogP contribution in [0.2, 0.25) is 0 Å². The minimum absolute atomic E-state index is 0.0924. The Bertz CT molecular complexity index is 403. The predicted octanol–water partition coefficient (Wildman–Crippen LogP) is 3.71. The van der Waals surface area contributed by atoms with Crippen LogP contribution in [0.15, 0.2) is 29.2 Å². The van der Waals surface area contributed by atoms with Gasteiger partial charge in [0.05, 0.1) is 5.56 Å². The molecule has 1 aliphatic carbocycles. The fourth-order valence-corrected chi connectivity index (χ4v) is 2.56. The lowest BCUT2D eigenvalue weighted by atomic mass is 9.89. The molecule has 1 aromatic rings. The summed E-state index contributed by atoms with van der Waals surface area (Å²) in [6, 6.07) is 7.19. The Hall–Kier alpha value is -0.960. The highest BCUT2D eigenvalue weighted by Crippen LogP contribution is 2.26. The van der Waals surface area contributed by atoms with Crippen molar-refractivity contribution < 1.29 is 9.53 Å². The molecule has 92 valence electrons. The lowest BCUT2D eigenvalue weighted by Gasteiger charge is -2.26. The van der Waals surface area contributed by atoms with Crippen LogP contribution in [0.1, 0.15) is 43.0 Å². The van der Waals surface area contributed by atoms with Crippen molar-refractivity contribution in [3.05, 3.63) is 29.8 Å². The van der Waals surface area contributed by atoms with Gasteiger partial charge in [-0.1, -0.05) is 19.4 Å². The first-order valence-corrected chi connectivity index (χ1v) is 6.60. The first-order chi connectivity index (χ1) is 8.15. The molecule has 0 aromatic heterocycles. The molecule has 2 nitrogen and oxygen atoms in total. The van der Waals surface area contributed by atoms with Gasteiger partial charge >= 0.3 is 5.97 Å². The van der Waals surface area contributed by atoms with E-state index in [0.29, 0.717) is 11.5 Å². The van der Waals surface area contributed by atoms with Crippen molar-refractivity contribution in [2.45, 2.75) is 43.6 Å². The number of carbonyl (C=O) groups excluding carboxylic acids is 1. The molecule has 1 fully saturated rings. The molecule has 0 radical (unpaired) electrons. The first-order valence-electron chi connectivity index (χ1n) is 6.15. The topological polar surface area (TPSA) is 26.3 Å². The molecular formula is C14H18O2S. The predicted molar refractivity (Wildman–Crippen MR) is 70.5 cm³/mol. The van der Waals surface area contributed by atoms with E-state index in [1.54, 1.807) is 12.1 Å². The Labute approximate surface area is 108 Å². The smallest absolute Gasteiger partial charge is 0.338 e. The average molecular weight is 250 g/mol. The highest BCUT2D eigenvalue weighted by Gasteiger charge is 2.22. The molecule has 0 N–H and O–H groups in total. The van der Waals surface area contributed by atoms with Gasteiger partial charge in [-0.15, -0.1) is 12.6 Å². The van der Waals surface area contributed by atoms with Gasteiger partial charge in [0.1, 0.15) is 6.10 Å². The van der Waals surface area contributed by atoms with Crippen LogP contribution in [0.5, 0.6) is 0 Å². The van der Waals surface area contributed by atoms with E-state index in [-0.39, 0.29) is 12.1 Å². The lowest BCUT2D eigenvalue weighted by Crippen LogP contribution is -2.24. The second-order valence-corrected chi connectivity index (χ2v) is 5.37. The molecule has 17 heavy (non-hydrogen) atoms. The van der Waals surface area contributed by atoms with Gasteiger partial charge in [0.2, 0.25) is 0 Å². The molecule has 2 atom stereocenters. The van der Waals surface area contributed by atoms with Gasteiger partial charge in [0.25, 0.3) is 0 Å². The SMILES string of the molecule is CC1CCCC(OC(=O)c2cccc(S)c2)C1. The highest BCUT2D eigenvalue weighted by molar-refractivity contribution is 7.80. The normalized spacial score (nSPS) is 24.4. The summed E-state index contributed by atoms with van der Waals surface area (Å²) >= 11 is 4.22. The Morgan fingerprint density at radius 1 is 1.41 bits per heavy atom. The molecule has 3 heteroatoms. The zero-order valence-corrected chi connectivity index (χ0v) is 11.0. The minimum atomic E-state index is -0.222. The van der Waals surface area contributed by atoms with Crippen LogP contribution in [0.25, 0.3) is 0 Å². The van der Waals surface area contributed by atoms with Crippen molar-refractivity contribution in [3.8, 4) is 0 Å². The van der Waals surface area contributed by atoms with E-state index in [2.05, 4.69) is 19.6 Å². The van der Waals surface area contributed by atoms with Crippen LogP contribution in [0, 0.1) is 5.92 Å². The summed E-state index contributed by atoms with van der Waals surface area (Å²) in [6.07, 6.45) is 4.49. The maximum atomic E-state index is 11.9. The van der Waals surface area contributed by atoms with Gasteiger partial charge in [-0.2, -0.15) is 0 Å². The van der Waals surface area contributed by atoms with E-state index < -0.39 is 0 Å². The van der Waals surface area contributed by atoms with Crippen LogP contribution in [0.4, 0.5) is 0 Å². The van der Waals surface area contributed by atoms with E-state index in [1.165, 1.54) is 6.42 Å². The third kappa shape index (κ3) is 3.50. The number of thiol groups is 1. The largest absolute Gasteiger partial charge is 0.459 e. The maximum Gasteiger partial charge on any atom is 0.338 e. The van der Waals surface area contributed by atoms with Crippen LogP contribution in [0.3, 0.4) is 0 Å². The van der Waals surface area contributed by atoms with E-state index in [1.807, 2.05) is 12.1 Å². The van der Waals surface area contributed by atoms with Crippen molar-refractivity contribution in [1.82, 2.24) is 0 Å². The average Bonchev–Trinajstić information content (AvgIpc) is 2.29. The maximum absolute atomic E-state index is 11.9. The number of hydrogen-bond donors (Lipinski definition) is 1. The molecule has 0 spiro atoms. The number of ether oxygens (including phenoxy) is 1. The van der Waals surface area contributed by atoms with Crippen molar-refractivity contribution in [3.63, 3.8) is 0 Å². The lowest BCUT2D eigenvalue weighted by molar-refractivity contribution is 0.0155. The van der Waals surface area contributed by atoms with Crippen molar-refractivity contribution in [2.24, 2.45) is 5.92 Å². The molecule has 0 heterocycles. The van der Waals surface area contributed by atoms with Gasteiger partial charge in [0.15, 0.2) is 0 Å². The van der Waals surface area contributed by atoms with Gasteiger partial charge in [-0.05, 0) is 43.4 Å². The van der Waals surface area contributed by atoms with Gasteiger partial charge in [0, 0.05) is 4.90 Å². The molecule has 1 aromatic carbocycles. The number of esters is 1. The molecule has 0 saturated heterocycles. The Morgan fingerprint density at radius 2 is 2.24 bits per heavy atom. The standard InChI is InChI=1S/C14H18O2S/c1-10-4-2-6-12(8-10)16-14(15)11-5-3-7-13(17)9-11/h3,5,7,9-10,12,17H,2,4,6,8H2,1H3. The molecular weight excluding hydrogens is 232 g/mol. The molecule has 1 saturated carbocycles. The summed E-state index contributed by atoms with van der Waals surface area (Å²) in [5, 5.41) is 0. The first kappa shape index (κ1) is 12.5. The van der Waals surface area contributed by atoms with Crippen molar-refractivity contribution >= 4 is 18.6 Å². The summed E-state index contributed by atoms with van der Waals surface area (Å²) in [6.45, 7) is 2.22. The van der Waals surface area contributed by atoms with E-state index in [4.69, 9.17) is 4.74 Å². The monoisotopic (exact) mass is 250 g/mol. The molecule has 1 aliphatic rings. The molecule has 2 unspecified atom stereocenters. The number of benzene rings is 1. The van der Waals surface area contributed by atoms with Crippen LogP contribution >= 0.6 is 12.6 Å². The quantitative estimate of drug-likeness (QED) is 0.639. The number of hydrogen-bond acceptors (Lipinski definition) is 3.